The summed E-state index contributed by atoms with van der Waals surface area (Å²) in [7, 11) is -3.23. The molecule has 0 aliphatic rings. The van der Waals surface area contributed by atoms with Crippen LogP contribution < -0.4 is 0 Å². The molecule has 0 spiro atoms. The molecule has 0 aromatic rings. The van der Waals surface area contributed by atoms with Crippen LogP contribution >= 0.6 is 0 Å². The number of rotatable bonds is 8. The molecule has 5 nitrogen and oxygen atoms in total. The first kappa shape index (κ1) is 17.6. The maximum absolute atomic E-state index is 11.1. The van der Waals surface area contributed by atoms with Crippen molar-refractivity contribution in [1.29, 1.82) is 0 Å². The van der Waals surface area contributed by atoms with E-state index in [0.29, 0.717) is 13.0 Å². The summed E-state index contributed by atoms with van der Waals surface area (Å²) in [4.78, 5) is 4.51. The zero-order chi connectivity index (χ0) is 10.2. The maximum Gasteiger partial charge on any atom is 0.296 e. The molecule has 0 aromatic heterocycles. The van der Waals surface area contributed by atoms with Gasteiger partial charge in [-0.3, -0.25) is 4.18 Å². The fourth-order valence-electron chi connectivity index (χ4n) is 0.421. The van der Waals surface area contributed by atoms with Crippen LogP contribution in [0.3, 0.4) is 0 Å². The summed E-state index contributed by atoms with van der Waals surface area (Å²) >= 11 is 4.45. The second kappa shape index (κ2) is 10.7. The fourth-order valence-corrected chi connectivity index (χ4v) is 1.29. The smallest absolute Gasteiger partial charge is 0.296 e. The van der Waals surface area contributed by atoms with E-state index >= 15 is 0 Å². The second-order valence-corrected chi connectivity index (χ2v) is 4.61. The Morgan fingerprint density at radius 1 is 1.43 bits per heavy atom. The van der Waals surface area contributed by atoms with Crippen molar-refractivity contribution in [3.63, 3.8) is 0 Å². The normalized spacial score (nSPS) is 14.4. The number of aliphatic hydroxyl groups excluding tert-OH is 1. The van der Waals surface area contributed by atoms with Gasteiger partial charge in [0.2, 0.25) is 0 Å². The molecule has 14 heavy (non-hydrogen) atoms. The van der Waals surface area contributed by atoms with E-state index in [1.165, 1.54) is 0 Å². The average Bonchev–Trinajstić information content (AvgIpc) is 2.05. The summed E-state index contributed by atoms with van der Waals surface area (Å²) in [5.74, 6) is 0. The first-order valence-corrected chi connectivity index (χ1v) is 6.27. The van der Waals surface area contributed by atoms with E-state index in [1.807, 2.05) is 6.92 Å². The molecule has 8 heteroatoms. The Kier molecular flexibility index (Phi) is 13.5. The Bertz CT molecular complexity index is 190. The third-order valence-electron chi connectivity index (χ3n) is 0.949. The molecular weight excluding hydrogens is 239 g/mol. The van der Waals surface area contributed by atoms with Gasteiger partial charge >= 0.3 is 0 Å². The summed E-state index contributed by atoms with van der Waals surface area (Å²) in [6.07, 6.45) is 1.10. The topological polar surface area (TPSA) is 65.0 Å². The van der Waals surface area contributed by atoms with Gasteiger partial charge in [-0.05, 0) is 12.8 Å². The van der Waals surface area contributed by atoms with Gasteiger partial charge in [0.15, 0.2) is 0 Å². The van der Waals surface area contributed by atoms with Crippen molar-refractivity contribution in [2.24, 2.45) is 0 Å². The van der Waals surface area contributed by atoms with Crippen molar-refractivity contribution in [2.75, 3.05) is 19.8 Å². The minimum absolute atomic E-state index is 0. The summed E-state index contributed by atoms with van der Waals surface area (Å²) < 4.78 is 20.1. The van der Waals surface area contributed by atoms with Gasteiger partial charge in [-0.2, -0.15) is 4.21 Å². The first-order valence-electron chi connectivity index (χ1n) is 3.93. The Morgan fingerprint density at radius 3 is 2.57 bits per heavy atom. The van der Waals surface area contributed by atoms with Crippen LogP contribution in [0, 0.1) is 0 Å². The minimum atomic E-state index is -3.23. The van der Waals surface area contributed by atoms with E-state index in [2.05, 4.69) is 24.6 Å². The Balaban J connectivity index is 0. The van der Waals surface area contributed by atoms with E-state index in [1.54, 1.807) is 0 Å². The minimum Gasteiger partial charge on any atom is -0.396 e. The van der Waals surface area contributed by atoms with Gasteiger partial charge in [0, 0.05) is 47.4 Å². The Hall–Kier alpha value is 1.21. The van der Waals surface area contributed by atoms with E-state index in [4.69, 9.17) is 5.11 Å². The molecule has 1 N–H and O–H groups in total. The molecule has 0 aromatic carbocycles. The molecule has 0 bridgehead atoms. The van der Waals surface area contributed by atoms with Crippen molar-refractivity contribution in [3.8, 4) is 0 Å². The van der Waals surface area contributed by atoms with Crippen molar-refractivity contribution < 1.29 is 22.7 Å². The van der Waals surface area contributed by atoms with E-state index in [-0.39, 0.29) is 42.8 Å². The van der Waals surface area contributed by atoms with Crippen LogP contribution in [-0.2, 0) is 33.6 Å². The molecule has 0 amide bonds. The average molecular weight is 253 g/mol. The molecule has 0 rings (SSSR count). The molecule has 0 fully saturated rings. The summed E-state index contributed by atoms with van der Waals surface area (Å²) in [5, 5.41) is 8.40. The van der Waals surface area contributed by atoms with Crippen LogP contribution in [0.1, 0.15) is 19.8 Å². The fraction of sp³-hybridized carbons (Fsp3) is 1.00. The molecule has 1 atom stereocenters. The summed E-state index contributed by atoms with van der Waals surface area (Å²) in [6, 6.07) is 0. The van der Waals surface area contributed by atoms with Crippen molar-refractivity contribution in [3.05, 3.63) is 0 Å². The summed E-state index contributed by atoms with van der Waals surface area (Å²) in [5.41, 5.74) is 0. The van der Waals surface area contributed by atoms with E-state index in [0.717, 1.165) is 6.42 Å². The van der Waals surface area contributed by atoms with Crippen LogP contribution in [0.4, 0.5) is 0 Å². The zero-order valence-corrected chi connectivity index (χ0v) is 12.1. The zero-order valence-electron chi connectivity index (χ0n) is 8.43. The SMILES string of the molecule is CCCOOS(=O)(=S)OCCCO.[Na]. The number of hydrogen-bond donors (Lipinski definition) is 1. The van der Waals surface area contributed by atoms with Crippen molar-refractivity contribution in [1.82, 2.24) is 0 Å². The number of hydrogen-bond acceptors (Lipinski definition) is 6. The van der Waals surface area contributed by atoms with Crippen molar-refractivity contribution >= 4 is 49.8 Å². The molecule has 1 unspecified atom stereocenters. The Labute approximate surface area is 111 Å². The second-order valence-electron chi connectivity index (χ2n) is 2.20. The van der Waals surface area contributed by atoms with Gasteiger partial charge in [0.05, 0.1) is 13.2 Å². The van der Waals surface area contributed by atoms with E-state index < -0.39 is 9.05 Å². The Morgan fingerprint density at radius 2 is 2.07 bits per heavy atom. The monoisotopic (exact) mass is 253 g/mol. The number of aliphatic hydroxyl groups is 1. The van der Waals surface area contributed by atoms with Gasteiger partial charge in [-0.15, -0.1) is 4.33 Å². The quantitative estimate of drug-likeness (QED) is 0.283. The van der Waals surface area contributed by atoms with Crippen LogP contribution in [-0.4, -0.2) is 58.7 Å². The summed E-state index contributed by atoms with van der Waals surface area (Å²) in [6.45, 7) is 2.24. The van der Waals surface area contributed by atoms with Gasteiger partial charge in [-0.1, -0.05) is 6.92 Å². The largest absolute Gasteiger partial charge is 0.396 e. The van der Waals surface area contributed by atoms with Crippen LogP contribution in [0.25, 0.3) is 0 Å². The van der Waals surface area contributed by atoms with Crippen LogP contribution in [0.5, 0.6) is 0 Å². The van der Waals surface area contributed by atoms with Gasteiger partial charge in [0.1, 0.15) is 0 Å². The van der Waals surface area contributed by atoms with Crippen molar-refractivity contribution in [2.45, 2.75) is 19.8 Å². The maximum atomic E-state index is 11.1. The molecule has 0 aliphatic carbocycles. The molecule has 0 saturated heterocycles. The third kappa shape index (κ3) is 11.3. The third-order valence-corrected chi connectivity index (χ3v) is 2.12. The standard InChI is InChI=1S/C6H14O5S2.Na/c1-2-5-9-11-13(8,12)10-6-3-4-7;/h7H,2-6H2,1H3;. The predicted molar refractivity (Wildman–Crippen MR) is 56.2 cm³/mol. The predicted octanol–water partition coefficient (Wildman–Crippen LogP) is -0.0609. The molecule has 0 saturated carbocycles. The molecular formula is C6H14NaO5S2. The van der Waals surface area contributed by atoms with Gasteiger partial charge < -0.3 is 5.11 Å². The molecule has 1 radical (unpaired) electrons. The first-order chi connectivity index (χ1) is 6.12. The van der Waals surface area contributed by atoms with Gasteiger partial charge in [0.25, 0.3) is 9.05 Å². The van der Waals surface area contributed by atoms with Gasteiger partial charge in [-0.25, -0.2) is 4.89 Å². The van der Waals surface area contributed by atoms with Crippen LogP contribution in [0.2, 0.25) is 0 Å². The molecule has 81 valence electrons. The van der Waals surface area contributed by atoms with Crippen LogP contribution in [0.15, 0.2) is 0 Å². The molecule has 0 aliphatic heterocycles. The molecule has 0 heterocycles. The van der Waals surface area contributed by atoms with E-state index in [9.17, 15) is 4.21 Å².